The molecule has 5 nitrogen and oxygen atoms in total. The minimum Gasteiger partial charge on any atom is -0.502 e. The highest BCUT2D eigenvalue weighted by molar-refractivity contribution is 6.35. The van der Waals surface area contributed by atoms with Gasteiger partial charge < -0.3 is 9.84 Å². The molecule has 1 heterocycles. The van der Waals surface area contributed by atoms with Gasteiger partial charge in [0.1, 0.15) is 0 Å². The molecule has 0 bridgehead atoms. The summed E-state index contributed by atoms with van der Waals surface area (Å²) in [6.45, 7) is 4.50. The van der Waals surface area contributed by atoms with Crippen LogP contribution < -0.4 is 0 Å². The molecule has 1 aromatic rings. The van der Waals surface area contributed by atoms with Crippen LogP contribution >= 0.6 is 0 Å². The van der Waals surface area contributed by atoms with Crippen molar-refractivity contribution in [2.45, 2.75) is 20.3 Å². The maximum Gasteiger partial charge on any atom is 0.296 e. The summed E-state index contributed by atoms with van der Waals surface area (Å²) in [6, 6.07) is 5.54. The van der Waals surface area contributed by atoms with E-state index in [-0.39, 0.29) is 12.1 Å². The van der Waals surface area contributed by atoms with Crippen LogP contribution in [0.25, 0.3) is 5.57 Å². The molecule has 1 aliphatic heterocycles. The van der Waals surface area contributed by atoms with E-state index < -0.39 is 17.6 Å². The van der Waals surface area contributed by atoms with Crippen molar-refractivity contribution in [1.29, 1.82) is 0 Å². The maximum absolute atomic E-state index is 12.4. The molecule has 21 heavy (non-hydrogen) atoms. The standard InChI is InChI=1S/C16H19NO4/c1-10-5-6-12(11(2)9-10)13-14(18)16(20)17(15(13)19)7-4-8-21-3/h5-6,9,18H,4,7-8H2,1-3H3. The van der Waals surface area contributed by atoms with Crippen LogP contribution in [0, 0.1) is 13.8 Å². The topological polar surface area (TPSA) is 66.8 Å². The number of carbonyl (C=O) groups excluding carboxylic acids is 2. The van der Waals surface area contributed by atoms with Crippen molar-refractivity contribution >= 4 is 17.4 Å². The van der Waals surface area contributed by atoms with Crippen LogP contribution in [-0.2, 0) is 14.3 Å². The molecular formula is C16H19NO4. The number of ether oxygens (including phenoxy) is 1. The van der Waals surface area contributed by atoms with E-state index in [9.17, 15) is 14.7 Å². The third kappa shape index (κ3) is 2.83. The van der Waals surface area contributed by atoms with Crippen LogP contribution in [0.3, 0.4) is 0 Å². The summed E-state index contributed by atoms with van der Waals surface area (Å²) >= 11 is 0. The number of imide groups is 1. The Bertz CT molecular complexity index is 619. The second-order valence-corrected chi connectivity index (χ2v) is 5.15. The molecule has 0 aliphatic carbocycles. The second-order valence-electron chi connectivity index (χ2n) is 5.15. The number of hydrogen-bond donors (Lipinski definition) is 1. The van der Waals surface area contributed by atoms with Gasteiger partial charge in [-0.25, -0.2) is 0 Å². The molecule has 0 atom stereocenters. The van der Waals surface area contributed by atoms with Crippen molar-refractivity contribution in [3.05, 3.63) is 40.6 Å². The van der Waals surface area contributed by atoms with Crippen LogP contribution in [-0.4, -0.2) is 42.1 Å². The smallest absolute Gasteiger partial charge is 0.296 e. The number of carbonyl (C=O) groups is 2. The van der Waals surface area contributed by atoms with E-state index in [1.807, 2.05) is 26.0 Å². The first-order chi connectivity index (χ1) is 9.97. The van der Waals surface area contributed by atoms with Crippen LogP contribution in [0.5, 0.6) is 0 Å². The van der Waals surface area contributed by atoms with E-state index in [1.165, 1.54) is 0 Å². The number of benzene rings is 1. The third-order valence-corrected chi connectivity index (χ3v) is 3.52. The first kappa shape index (κ1) is 15.3. The lowest BCUT2D eigenvalue weighted by atomic mass is 9.98. The minimum atomic E-state index is -0.633. The summed E-state index contributed by atoms with van der Waals surface area (Å²) in [5.41, 5.74) is 2.61. The van der Waals surface area contributed by atoms with E-state index in [4.69, 9.17) is 4.74 Å². The quantitative estimate of drug-likeness (QED) is 0.665. The van der Waals surface area contributed by atoms with Gasteiger partial charge in [-0.15, -0.1) is 0 Å². The highest BCUT2D eigenvalue weighted by atomic mass is 16.5. The monoisotopic (exact) mass is 289 g/mol. The zero-order valence-electron chi connectivity index (χ0n) is 12.5. The second kappa shape index (κ2) is 6.10. The zero-order valence-corrected chi connectivity index (χ0v) is 12.5. The zero-order chi connectivity index (χ0) is 15.6. The summed E-state index contributed by atoms with van der Waals surface area (Å²) in [5, 5.41) is 10.0. The normalized spacial score (nSPS) is 15.3. The van der Waals surface area contributed by atoms with Crippen molar-refractivity contribution in [2.75, 3.05) is 20.3 Å². The molecule has 0 radical (unpaired) electrons. The first-order valence-electron chi connectivity index (χ1n) is 6.83. The molecule has 1 N–H and O–H groups in total. The van der Waals surface area contributed by atoms with Crippen molar-refractivity contribution in [1.82, 2.24) is 4.90 Å². The predicted octanol–water partition coefficient (Wildman–Crippen LogP) is 1.98. The SMILES string of the molecule is COCCCN1C(=O)C(O)=C(c2ccc(C)cc2C)C1=O. The Morgan fingerprint density at radius 1 is 1.19 bits per heavy atom. The molecule has 112 valence electrons. The van der Waals surface area contributed by atoms with Crippen molar-refractivity contribution in [3.63, 3.8) is 0 Å². The van der Waals surface area contributed by atoms with Gasteiger partial charge in [0.2, 0.25) is 0 Å². The van der Waals surface area contributed by atoms with Crippen molar-refractivity contribution in [3.8, 4) is 0 Å². The van der Waals surface area contributed by atoms with E-state index in [0.29, 0.717) is 18.6 Å². The number of methoxy groups -OCH3 is 1. The molecule has 0 unspecified atom stereocenters. The fourth-order valence-corrected chi connectivity index (χ4v) is 2.47. The van der Waals surface area contributed by atoms with Crippen LogP contribution in [0.1, 0.15) is 23.1 Å². The molecular weight excluding hydrogens is 270 g/mol. The first-order valence-corrected chi connectivity index (χ1v) is 6.83. The highest BCUT2D eigenvalue weighted by Crippen LogP contribution is 2.30. The van der Waals surface area contributed by atoms with Gasteiger partial charge in [0.25, 0.3) is 11.8 Å². The fraction of sp³-hybridized carbons (Fsp3) is 0.375. The van der Waals surface area contributed by atoms with E-state index in [0.717, 1.165) is 16.0 Å². The molecule has 2 amide bonds. The lowest BCUT2D eigenvalue weighted by Gasteiger charge is -2.14. The number of aryl methyl sites for hydroxylation is 2. The predicted molar refractivity (Wildman–Crippen MR) is 78.7 cm³/mol. The Hall–Kier alpha value is -2.14. The number of amides is 2. The molecule has 0 spiro atoms. The molecule has 5 heteroatoms. The molecule has 1 aliphatic rings. The van der Waals surface area contributed by atoms with Gasteiger partial charge >= 0.3 is 0 Å². The summed E-state index contributed by atoms with van der Waals surface area (Å²) in [7, 11) is 1.56. The fourth-order valence-electron chi connectivity index (χ4n) is 2.47. The number of nitrogens with zero attached hydrogens (tertiary/aromatic N) is 1. The Morgan fingerprint density at radius 2 is 1.90 bits per heavy atom. The van der Waals surface area contributed by atoms with Gasteiger partial charge in [0, 0.05) is 20.3 Å². The Labute approximate surface area is 123 Å². The van der Waals surface area contributed by atoms with Gasteiger partial charge in [-0.2, -0.15) is 0 Å². The van der Waals surface area contributed by atoms with Gasteiger partial charge in [0.15, 0.2) is 5.76 Å². The van der Waals surface area contributed by atoms with E-state index >= 15 is 0 Å². The average molecular weight is 289 g/mol. The van der Waals surface area contributed by atoms with E-state index in [1.54, 1.807) is 13.2 Å². The summed E-state index contributed by atoms with van der Waals surface area (Å²) < 4.78 is 4.92. The summed E-state index contributed by atoms with van der Waals surface area (Å²) in [6.07, 6.45) is 0.543. The number of aliphatic hydroxyl groups excluding tert-OH is 1. The van der Waals surface area contributed by atoms with Crippen LogP contribution in [0.15, 0.2) is 24.0 Å². The van der Waals surface area contributed by atoms with Gasteiger partial charge in [-0.3, -0.25) is 14.5 Å². The van der Waals surface area contributed by atoms with Gasteiger partial charge in [-0.05, 0) is 31.4 Å². The Balaban J connectivity index is 2.31. The third-order valence-electron chi connectivity index (χ3n) is 3.52. The Morgan fingerprint density at radius 3 is 2.52 bits per heavy atom. The van der Waals surface area contributed by atoms with Crippen LogP contribution in [0.4, 0.5) is 0 Å². The average Bonchev–Trinajstić information content (AvgIpc) is 2.64. The lowest BCUT2D eigenvalue weighted by Crippen LogP contribution is -2.33. The van der Waals surface area contributed by atoms with Gasteiger partial charge in [0.05, 0.1) is 5.57 Å². The lowest BCUT2D eigenvalue weighted by molar-refractivity contribution is -0.138. The number of rotatable bonds is 5. The molecule has 0 saturated heterocycles. The van der Waals surface area contributed by atoms with Crippen molar-refractivity contribution < 1.29 is 19.4 Å². The molecule has 0 saturated carbocycles. The highest BCUT2D eigenvalue weighted by Gasteiger charge is 2.39. The molecule has 0 fully saturated rings. The van der Waals surface area contributed by atoms with Crippen molar-refractivity contribution in [2.24, 2.45) is 0 Å². The van der Waals surface area contributed by atoms with Gasteiger partial charge in [-0.1, -0.05) is 23.8 Å². The number of aliphatic hydroxyl groups is 1. The molecule has 0 aromatic heterocycles. The summed E-state index contributed by atoms with van der Waals surface area (Å²) in [5.74, 6) is -1.55. The number of hydrogen-bond acceptors (Lipinski definition) is 4. The largest absolute Gasteiger partial charge is 0.502 e. The van der Waals surface area contributed by atoms with E-state index in [2.05, 4.69) is 0 Å². The molecule has 2 rings (SSSR count). The maximum atomic E-state index is 12.4. The summed E-state index contributed by atoms with van der Waals surface area (Å²) in [4.78, 5) is 25.5. The Kier molecular flexibility index (Phi) is 4.43. The minimum absolute atomic E-state index is 0.0925. The molecule has 1 aromatic carbocycles. The van der Waals surface area contributed by atoms with Crippen LogP contribution in [0.2, 0.25) is 0 Å².